The van der Waals surface area contributed by atoms with Crippen molar-refractivity contribution in [2.24, 2.45) is 0 Å². The summed E-state index contributed by atoms with van der Waals surface area (Å²) in [6.07, 6.45) is 4.04. The van der Waals surface area contributed by atoms with Crippen molar-refractivity contribution in [2.45, 2.75) is 13.3 Å². The lowest BCUT2D eigenvalue weighted by Crippen LogP contribution is -2.17. The molecule has 0 spiro atoms. The summed E-state index contributed by atoms with van der Waals surface area (Å²) >= 11 is 0. The van der Waals surface area contributed by atoms with E-state index in [4.69, 9.17) is 4.74 Å². The first-order chi connectivity index (χ1) is 12.1. The lowest BCUT2D eigenvalue weighted by Gasteiger charge is -2.11. The van der Waals surface area contributed by atoms with Gasteiger partial charge in [0.15, 0.2) is 0 Å². The van der Waals surface area contributed by atoms with E-state index in [2.05, 4.69) is 25.5 Å². The van der Waals surface area contributed by atoms with Gasteiger partial charge < -0.3 is 20.3 Å². The first-order valence-corrected chi connectivity index (χ1v) is 8.34. The first kappa shape index (κ1) is 18.7. The zero-order chi connectivity index (χ0) is 18.1. The summed E-state index contributed by atoms with van der Waals surface area (Å²) in [6.45, 7) is 4.23. The Kier molecular flexibility index (Phi) is 7.16. The molecule has 0 saturated carbocycles. The summed E-state index contributed by atoms with van der Waals surface area (Å²) in [7, 11) is 4.08. The number of nitrogens with zero attached hydrogens (tertiary/aromatic N) is 3. The molecule has 2 aromatic rings. The molecule has 0 saturated heterocycles. The lowest BCUT2D eigenvalue weighted by molar-refractivity contribution is 0.102. The molecule has 7 heteroatoms. The lowest BCUT2D eigenvalue weighted by atomic mass is 10.3. The van der Waals surface area contributed by atoms with E-state index < -0.39 is 0 Å². The number of amides is 1. The molecule has 0 aliphatic heterocycles. The van der Waals surface area contributed by atoms with Crippen molar-refractivity contribution in [1.29, 1.82) is 0 Å². The van der Waals surface area contributed by atoms with E-state index in [0.717, 1.165) is 19.5 Å². The van der Waals surface area contributed by atoms with Crippen LogP contribution in [-0.4, -0.2) is 54.6 Å². The second kappa shape index (κ2) is 9.58. The van der Waals surface area contributed by atoms with E-state index in [1.54, 1.807) is 12.3 Å². The number of aromatic nitrogens is 2. The van der Waals surface area contributed by atoms with Gasteiger partial charge in [-0.05, 0) is 46.1 Å². The zero-order valence-corrected chi connectivity index (χ0v) is 15.0. The minimum atomic E-state index is -0.321. The van der Waals surface area contributed by atoms with Crippen molar-refractivity contribution in [3.63, 3.8) is 0 Å². The van der Waals surface area contributed by atoms with Crippen molar-refractivity contribution in [3.05, 3.63) is 42.4 Å². The van der Waals surface area contributed by atoms with Crippen LogP contribution in [0.25, 0.3) is 0 Å². The Labute approximate surface area is 148 Å². The summed E-state index contributed by atoms with van der Waals surface area (Å²) in [5.41, 5.74) is 0.868. The van der Waals surface area contributed by atoms with Gasteiger partial charge in [-0.2, -0.15) is 0 Å². The second-order valence-corrected chi connectivity index (χ2v) is 5.75. The van der Waals surface area contributed by atoms with Crippen LogP contribution in [0.15, 0.2) is 36.7 Å². The van der Waals surface area contributed by atoms with E-state index in [-0.39, 0.29) is 11.6 Å². The highest BCUT2D eigenvalue weighted by Crippen LogP contribution is 2.24. The average molecular weight is 343 g/mol. The van der Waals surface area contributed by atoms with Gasteiger partial charge in [-0.15, -0.1) is 0 Å². The molecule has 134 valence electrons. The van der Waals surface area contributed by atoms with Crippen LogP contribution >= 0.6 is 0 Å². The van der Waals surface area contributed by atoms with Gasteiger partial charge in [0, 0.05) is 6.54 Å². The van der Waals surface area contributed by atoms with Gasteiger partial charge in [0.1, 0.15) is 17.3 Å². The molecule has 0 aliphatic carbocycles. The molecule has 25 heavy (non-hydrogen) atoms. The summed E-state index contributed by atoms with van der Waals surface area (Å²) < 4.78 is 5.50. The molecule has 1 aromatic heterocycles. The normalized spacial score (nSPS) is 10.6. The number of ether oxygens (including phenoxy) is 1. The van der Waals surface area contributed by atoms with Gasteiger partial charge in [0.2, 0.25) is 0 Å². The van der Waals surface area contributed by atoms with E-state index in [0.29, 0.717) is 23.9 Å². The molecule has 2 rings (SSSR count). The minimum absolute atomic E-state index is 0.255. The summed E-state index contributed by atoms with van der Waals surface area (Å²) in [6, 6.07) is 7.30. The van der Waals surface area contributed by atoms with E-state index in [1.807, 2.05) is 39.2 Å². The zero-order valence-electron chi connectivity index (χ0n) is 15.0. The third-order valence-electron chi connectivity index (χ3n) is 3.41. The van der Waals surface area contributed by atoms with Gasteiger partial charge in [0.25, 0.3) is 5.91 Å². The second-order valence-electron chi connectivity index (χ2n) is 5.75. The highest BCUT2D eigenvalue weighted by molar-refractivity contribution is 6.03. The number of anilines is 2. The van der Waals surface area contributed by atoms with Crippen LogP contribution in [0.4, 0.5) is 11.5 Å². The number of carbonyl (C=O) groups is 1. The van der Waals surface area contributed by atoms with Crippen LogP contribution in [0.1, 0.15) is 23.8 Å². The van der Waals surface area contributed by atoms with Gasteiger partial charge in [-0.3, -0.25) is 4.79 Å². The maximum atomic E-state index is 12.3. The predicted molar refractivity (Wildman–Crippen MR) is 99.3 cm³/mol. The Balaban J connectivity index is 1.92. The standard InChI is InChI=1S/C18H25N5O2/c1-4-25-16-9-6-5-8-14(16)22-18(24)15-12-21-17(13-20-15)19-10-7-11-23(2)3/h5-6,8-9,12-13H,4,7,10-11H2,1-3H3,(H,19,21)(H,22,24). The summed E-state index contributed by atoms with van der Waals surface area (Å²) in [4.78, 5) is 22.9. The van der Waals surface area contributed by atoms with Crippen molar-refractivity contribution in [3.8, 4) is 5.75 Å². The van der Waals surface area contributed by atoms with Crippen LogP contribution in [0.5, 0.6) is 5.75 Å². The number of nitrogens with one attached hydrogen (secondary N) is 2. The first-order valence-electron chi connectivity index (χ1n) is 8.34. The maximum absolute atomic E-state index is 12.3. The largest absolute Gasteiger partial charge is 0.492 e. The minimum Gasteiger partial charge on any atom is -0.492 e. The van der Waals surface area contributed by atoms with E-state index >= 15 is 0 Å². The highest BCUT2D eigenvalue weighted by Gasteiger charge is 2.11. The fraction of sp³-hybridized carbons (Fsp3) is 0.389. The topological polar surface area (TPSA) is 79.4 Å². The Bertz CT molecular complexity index is 673. The molecule has 2 N–H and O–H groups in total. The van der Waals surface area contributed by atoms with Crippen LogP contribution in [0.2, 0.25) is 0 Å². The van der Waals surface area contributed by atoms with E-state index in [1.165, 1.54) is 6.20 Å². The third kappa shape index (κ3) is 6.04. The highest BCUT2D eigenvalue weighted by atomic mass is 16.5. The monoisotopic (exact) mass is 343 g/mol. The van der Waals surface area contributed by atoms with Gasteiger partial charge >= 0.3 is 0 Å². The molecule has 1 amide bonds. The molecular weight excluding hydrogens is 318 g/mol. The molecule has 0 atom stereocenters. The molecule has 0 unspecified atom stereocenters. The fourth-order valence-corrected chi connectivity index (χ4v) is 2.19. The smallest absolute Gasteiger partial charge is 0.275 e. The number of hydrogen-bond donors (Lipinski definition) is 2. The Morgan fingerprint density at radius 2 is 2.00 bits per heavy atom. The van der Waals surface area contributed by atoms with E-state index in [9.17, 15) is 4.79 Å². The summed E-state index contributed by atoms with van der Waals surface area (Å²) in [5, 5.41) is 5.99. The number of para-hydroxylation sites is 2. The Hall–Kier alpha value is -2.67. The maximum Gasteiger partial charge on any atom is 0.275 e. The number of benzene rings is 1. The van der Waals surface area contributed by atoms with Gasteiger partial charge in [-0.1, -0.05) is 12.1 Å². The van der Waals surface area contributed by atoms with Crippen molar-refractivity contribution in [2.75, 3.05) is 44.4 Å². The third-order valence-corrected chi connectivity index (χ3v) is 3.41. The summed E-state index contributed by atoms with van der Waals surface area (Å²) in [5.74, 6) is 0.967. The van der Waals surface area contributed by atoms with Crippen molar-refractivity contribution in [1.82, 2.24) is 14.9 Å². The predicted octanol–water partition coefficient (Wildman–Crippen LogP) is 2.49. The molecule has 0 radical (unpaired) electrons. The SMILES string of the molecule is CCOc1ccccc1NC(=O)c1cnc(NCCCN(C)C)cn1. The molecule has 0 bridgehead atoms. The van der Waals surface area contributed by atoms with Crippen LogP contribution in [0, 0.1) is 0 Å². The quantitative estimate of drug-likeness (QED) is 0.681. The van der Waals surface area contributed by atoms with Gasteiger partial charge in [-0.25, -0.2) is 9.97 Å². The number of rotatable bonds is 9. The molecule has 7 nitrogen and oxygen atoms in total. The molecule has 0 fully saturated rings. The van der Waals surface area contributed by atoms with Crippen LogP contribution < -0.4 is 15.4 Å². The average Bonchev–Trinajstić information content (AvgIpc) is 2.61. The van der Waals surface area contributed by atoms with Crippen molar-refractivity contribution < 1.29 is 9.53 Å². The van der Waals surface area contributed by atoms with Crippen molar-refractivity contribution >= 4 is 17.4 Å². The molecule has 0 aliphatic rings. The molecular formula is C18H25N5O2. The number of carbonyl (C=O) groups excluding carboxylic acids is 1. The van der Waals surface area contributed by atoms with Crippen LogP contribution in [-0.2, 0) is 0 Å². The number of hydrogen-bond acceptors (Lipinski definition) is 6. The van der Waals surface area contributed by atoms with Gasteiger partial charge in [0.05, 0.1) is 24.7 Å². The van der Waals surface area contributed by atoms with Crippen LogP contribution in [0.3, 0.4) is 0 Å². The fourth-order valence-electron chi connectivity index (χ4n) is 2.19. The Morgan fingerprint density at radius 1 is 1.20 bits per heavy atom. The molecule has 1 aromatic carbocycles. The Morgan fingerprint density at radius 3 is 2.68 bits per heavy atom. The molecule has 1 heterocycles.